The fraction of sp³-hybridized carbons (Fsp3) is 0. The van der Waals surface area contributed by atoms with Gasteiger partial charge in [-0.15, -0.1) is 0 Å². The summed E-state index contributed by atoms with van der Waals surface area (Å²) in [6.07, 6.45) is 0. The van der Waals surface area contributed by atoms with Crippen molar-refractivity contribution < 1.29 is 72.9 Å². The minimum atomic E-state index is -4.39. The second kappa shape index (κ2) is 20.9. The molecule has 16 heteroatoms. The first-order chi connectivity index (χ1) is 24.5. The molecule has 0 heterocycles. The number of rotatable bonds is 12. The average Bonchev–Trinajstić information content (AvgIpc) is 3.10. The van der Waals surface area contributed by atoms with Crippen molar-refractivity contribution in [2.75, 3.05) is 0 Å². The number of phosphoric acid groups is 3. The third-order valence-electron chi connectivity index (χ3n) is 5.76. The van der Waals surface area contributed by atoms with Crippen LogP contribution in [0.25, 0.3) is 0 Å². The van der Waals surface area contributed by atoms with Gasteiger partial charge in [-0.25, -0.2) is 13.7 Å². The summed E-state index contributed by atoms with van der Waals surface area (Å²) in [4.78, 5) is 34.7. The molecule has 267 valence electrons. The van der Waals surface area contributed by atoms with Crippen molar-refractivity contribution in [1.29, 1.82) is 0 Å². The van der Waals surface area contributed by atoms with Gasteiger partial charge in [-0.2, -0.15) is 0 Å². The summed E-state index contributed by atoms with van der Waals surface area (Å²) in [5.74, 6) is 1.34. The first kappa shape index (κ1) is 41.6. The summed E-state index contributed by atoms with van der Waals surface area (Å²) in [6, 6.07) is 49.2. The van der Waals surface area contributed by atoms with Crippen LogP contribution in [0.1, 0.15) is 0 Å². The molecule has 6 rings (SSSR count). The van der Waals surface area contributed by atoms with Gasteiger partial charge in [-0.1, -0.05) is 109 Å². The van der Waals surface area contributed by atoms with Gasteiger partial charge >= 0.3 is 40.8 Å². The van der Waals surface area contributed by atoms with Crippen molar-refractivity contribution in [3.63, 3.8) is 0 Å². The first-order valence-corrected chi connectivity index (χ1v) is 19.3. The second-order valence-electron chi connectivity index (χ2n) is 9.77. The number of para-hydroxylation sites is 6. The SMILES string of the molecule is O=P([O-])(Oc1ccccc1)Oc1ccccc1.O=P([O-])(Oc1ccccc1)Oc1ccccc1.O=P([O-])(Oc1ccccc1)Oc1ccccc1.[Cr+3]. The molecule has 0 aliphatic carbocycles. The fourth-order valence-electron chi connectivity index (χ4n) is 3.72. The first-order valence-electron chi connectivity index (χ1n) is 14.9. The molecule has 1 radical (unpaired) electrons. The number of hydrogen-bond donors (Lipinski definition) is 0. The largest absolute Gasteiger partial charge is 3.00 e. The summed E-state index contributed by atoms with van der Waals surface area (Å²) in [7, 11) is -13.2. The summed E-state index contributed by atoms with van der Waals surface area (Å²) in [6.45, 7) is 0. The zero-order chi connectivity index (χ0) is 36.4. The van der Waals surface area contributed by atoms with Crippen molar-refractivity contribution in [2.24, 2.45) is 0 Å². The Balaban J connectivity index is 0.000000208. The van der Waals surface area contributed by atoms with Gasteiger partial charge in [0.2, 0.25) is 0 Å². The van der Waals surface area contributed by atoms with Crippen molar-refractivity contribution in [3.05, 3.63) is 182 Å². The number of hydrogen-bond acceptors (Lipinski definition) is 12. The van der Waals surface area contributed by atoms with Crippen molar-refractivity contribution in [1.82, 2.24) is 0 Å². The van der Waals surface area contributed by atoms with Crippen molar-refractivity contribution in [2.45, 2.75) is 0 Å². The Labute approximate surface area is 311 Å². The van der Waals surface area contributed by atoms with Gasteiger partial charge < -0.3 is 41.8 Å². The second-order valence-corrected chi connectivity index (χ2v) is 13.5. The molecule has 0 fully saturated rings. The van der Waals surface area contributed by atoms with Gasteiger partial charge in [0.05, 0.1) is 0 Å². The molecule has 0 saturated carbocycles. The fourth-order valence-corrected chi connectivity index (χ4v) is 6.11. The Morgan fingerprint density at radius 3 is 0.500 bits per heavy atom. The summed E-state index contributed by atoms with van der Waals surface area (Å²) in [5, 5.41) is 0. The van der Waals surface area contributed by atoms with E-state index in [9.17, 15) is 28.4 Å². The van der Waals surface area contributed by atoms with E-state index in [-0.39, 0.29) is 51.9 Å². The van der Waals surface area contributed by atoms with Gasteiger partial charge in [0.15, 0.2) is 0 Å². The predicted molar refractivity (Wildman–Crippen MR) is 185 cm³/mol. The Morgan fingerprint density at radius 1 is 0.269 bits per heavy atom. The van der Waals surface area contributed by atoms with Gasteiger partial charge in [0, 0.05) is 0 Å². The van der Waals surface area contributed by atoms with Crippen LogP contribution in [0.3, 0.4) is 0 Å². The van der Waals surface area contributed by atoms with Gasteiger partial charge in [0.25, 0.3) is 0 Å². The summed E-state index contributed by atoms with van der Waals surface area (Å²) in [5.41, 5.74) is 0. The van der Waals surface area contributed by atoms with E-state index in [1.54, 1.807) is 182 Å². The van der Waals surface area contributed by atoms with Crippen LogP contribution in [0, 0.1) is 0 Å². The van der Waals surface area contributed by atoms with E-state index in [1.807, 2.05) is 0 Å². The molecule has 0 spiro atoms. The molecule has 0 N–H and O–H groups in total. The molecular weight excluding hydrogens is 769 g/mol. The molecule has 12 nitrogen and oxygen atoms in total. The van der Waals surface area contributed by atoms with E-state index in [0.29, 0.717) is 0 Å². The Kier molecular flexibility index (Phi) is 16.8. The molecule has 0 amide bonds. The molecule has 52 heavy (non-hydrogen) atoms. The molecule has 6 aromatic rings. The van der Waals surface area contributed by atoms with Crippen molar-refractivity contribution in [3.8, 4) is 34.5 Å². The minimum absolute atomic E-state index is 0. The van der Waals surface area contributed by atoms with Crippen LogP contribution >= 0.6 is 23.5 Å². The number of phosphoric ester groups is 3. The molecule has 0 atom stereocenters. The van der Waals surface area contributed by atoms with E-state index < -0.39 is 23.5 Å². The van der Waals surface area contributed by atoms with E-state index in [2.05, 4.69) is 0 Å². The molecule has 0 unspecified atom stereocenters. The van der Waals surface area contributed by atoms with Crippen molar-refractivity contribution >= 4 is 23.5 Å². The smallest absolute Gasteiger partial charge is 0.736 e. The third-order valence-corrected chi connectivity index (χ3v) is 8.37. The zero-order valence-corrected chi connectivity index (χ0v) is 30.9. The molecular formula is C36H30CrO12P3. The molecule has 0 aliphatic heterocycles. The van der Waals surface area contributed by atoms with Crippen LogP contribution in [-0.4, -0.2) is 0 Å². The van der Waals surface area contributed by atoms with Crippen LogP contribution in [0.5, 0.6) is 34.5 Å². The molecule has 0 aliphatic rings. The average molecular weight is 800 g/mol. The quantitative estimate of drug-likeness (QED) is 0.110. The molecule has 0 bridgehead atoms. The maximum Gasteiger partial charge on any atom is 3.00 e. The van der Waals surface area contributed by atoms with E-state index >= 15 is 0 Å². The van der Waals surface area contributed by atoms with Crippen LogP contribution in [0.15, 0.2) is 182 Å². The zero-order valence-electron chi connectivity index (χ0n) is 27.0. The molecule has 6 aromatic carbocycles. The summed E-state index contributed by atoms with van der Waals surface area (Å²) >= 11 is 0. The Bertz CT molecular complexity index is 1640. The van der Waals surface area contributed by atoms with Crippen LogP contribution in [0.2, 0.25) is 0 Å². The Morgan fingerprint density at radius 2 is 0.385 bits per heavy atom. The topological polar surface area (TPSA) is 176 Å². The molecule has 0 aromatic heterocycles. The molecule has 0 saturated heterocycles. The third kappa shape index (κ3) is 16.5. The maximum atomic E-state index is 11.6. The van der Waals surface area contributed by atoms with Gasteiger partial charge in [0.1, 0.15) is 34.5 Å². The van der Waals surface area contributed by atoms with Gasteiger partial charge in [-0.3, -0.25) is 0 Å². The van der Waals surface area contributed by atoms with E-state index in [0.717, 1.165) is 0 Å². The summed E-state index contributed by atoms with van der Waals surface area (Å²) < 4.78 is 63.4. The normalized spacial score (nSPS) is 10.7. The van der Waals surface area contributed by atoms with Crippen LogP contribution in [0.4, 0.5) is 0 Å². The van der Waals surface area contributed by atoms with E-state index in [4.69, 9.17) is 27.1 Å². The van der Waals surface area contributed by atoms with E-state index in [1.165, 1.54) is 0 Å². The predicted octanol–water partition coefficient (Wildman–Crippen LogP) is 7.84. The monoisotopic (exact) mass is 799 g/mol. The van der Waals surface area contributed by atoms with Crippen LogP contribution < -0.4 is 41.8 Å². The maximum absolute atomic E-state index is 11.6. The Hall–Kier alpha value is -4.78. The van der Waals surface area contributed by atoms with Gasteiger partial charge in [-0.05, 0) is 72.8 Å². The van der Waals surface area contributed by atoms with Crippen LogP contribution in [-0.2, 0) is 31.1 Å². The minimum Gasteiger partial charge on any atom is -0.736 e. The number of benzene rings is 6. The standard InChI is InChI=1S/3C12H11O4P.Cr/c3*13-17(14,15-11-7-3-1-4-8-11)16-12-9-5-2-6-10-12;/h3*1-10H,(H,13,14);/q;;;+3/p-3.